The van der Waals surface area contributed by atoms with E-state index in [0.717, 1.165) is 0 Å². The van der Waals surface area contributed by atoms with Crippen molar-refractivity contribution >= 4 is 14.2 Å². The van der Waals surface area contributed by atoms with Gasteiger partial charge in [-0.2, -0.15) is 0 Å². The van der Waals surface area contributed by atoms with Gasteiger partial charge < -0.3 is 9.74 Å². The van der Waals surface area contributed by atoms with E-state index in [2.05, 4.69) is 39.2 Å². The molecule has 1 rings (SSSR count). The van der Waals surface area contributed by atoms with Gasteiger partial charge in [-0.05, 0) is 18.1 Å². The Morgan fingerprint density at radius 1 is 1.43 bits per heavy atom. The number of hydrogen-bond acceptors (Lipinski definition) is 2. The molecular formula is C10H21NO2Si. The molecule has 0 radical (unpaired) electrons. The average Bonchev–Trinajstić information content (AvgIpc) is 2.31. The summed E-state index contributed by atoms with van der Waals surface area (Å²) in [5, 5.41) is 3.02. The van der Waals surface area contributed by atoms with Crippen LogP contribution in [0.2, 0.25) is 18.1 Å². The Morgan fingerprint density at radius 2 is 2.00 bits per heavy atom. The molecule has 0 saturated carbocycles. The summed E-state index contributed by atoms with van der Waals surface area (Å²) in [6.07, 6.45) is 0.635. The summed E-state index contributed by atoms with van der Waals surface area (Å²) < 4.78 is 6.09. The van der Waals surface area contributed by atoms with Crippen molar-refractivity contribution in [2.75, 3.05) is 6.54 Å². The molecule has 1 fully saturated rings. The van der Waals surface area contributed by atoms with Gasteiger partial charge in [0.05, 0.1) is 12.5 Å². The predicted molar refractivity (Wildman–Crippen MR) is 59.7 cm³/mol. The fourth-order valence-corrected chi connectivity index (χ4v) is 2.61. The molecule has 1 unspecified atom stereocenters. The number of carbonyl (C=O) groups excluding carboxylic acids is 1. The fraction of sp³-hybridized carbons (Fsp3) is 0.900. The summed E-state index contributed by atoms with van der Waals surface area (Å²) in [4.78, 5) is 11.0. The van der Waals surface area contributed by atoms with E-state index in [9.17, 15) is 4.79 Å². The Labute approximate surface area is 87.3 Å². The molecule has 0 spiro atoms. The molecule has 0 aromatic rings. The van der Waals surface area contributed by atoms with Crippen LogP contribution >= 0.6 is 0 Å². The molecule has 3 nitrogen and oxygen atoms in total. The maximum atomic E-state index is 11.0. The van der Waals surface area contributed by atoms with E-state index in [4.69, 9.17) is 4.43 Å². The van der Waals surface area contributed by atoms with E-state index in [0.29, 0.717) is 13.0 Å². The van der Waals surface area contributed by atoms with Crippen molar-refractivity contribution in [1.29, 1.82) is 0 Å². The molecular weight excluding hydrogens is 194 g/mol. The molecule has 0 aromatic heterocycles. The van der Waals surface area contributed by atoms with E-state index in [-0.39, 0.29) is 17.0 Å². The lowest BCUT2D eigenvalue weighted by molar-refractivity contribution is -0.119. The highest BCUT2D eigenvalue weighted by molar-refractivity contribution is 6.74. The molecule has 1 heterocycles. The van der Waals surface area contributed by atoms with Gasteiger partial charge in [-0.1, -0.05) is 20.8 Å². The number of amides is 1. The normalized spacial score (nSPS) is 23.8. The van der Waals surface area contributed by atoms with Gasteiger partial charge in [0, 0.05) is 6.54 Å². The van der Waals surface area contributed by atoms with E-state index in [1.54, 1.807) is 0 Å². The van der Waals surface area contributed by atoms with Crippen molar-refractivity contribution < 1.29 is 9.22 Å². The van der Waals surface area contributed by atoms with Crippen molar-refractivity contribution in [3.8, 4) is 0 Å². The molecule has 0 aliphatic carbocycles. The molecule has 82 valence electrons. The zero-order valence-electron chi connectivity index (χ0n) is 9.81. The van der Waals surface area contributed by atoms with Gasteiger partial charge >= 0.3 is 0 Å². The maximum Gasteiger partial charge on any atom is 0.222 e. The van der Waals surface area contributed by atoms with E-state index >= 15 is 0 Å². The lowest BCUT2D eigenvalue weighted by Crippen LogP contribution is -2.44. The highest BCUT2D eigenvalue weighted by atomic mass is 28.4. The summed E-state index contributed by atoms with van der Waals surface area (Å²) in [6.45, 7) is 11.8. The summed E-state index contributed by atoms with van der Waals surface area (Å²) in [6, 6.07) is 0. The van der Waals surface area contributed by atoms with Crippen LogP contribution in [0.1, 0.15) is 27.2 Å². The predicted octanol–water partition coefficient (Wildman–Crippen LogP) is 1.90. The van der Waals surface area contributed by atoms with Crippen LogP contribution < -0.4 is 5.32 Å². The highest BCUT2D eigenvalue weighted by Crippen LogP contribution is 2.37. The van der Waals surface area contributed by atoms with Crippen LogP contribution in [-0.4, -0.2) is 26.9 Å². The van der Waals surface area contributed by atoms with Gasteiger partial charge in [0.1, 0.15) is 0 Å². The topological polar surface area (TPSA) is 38.3 Å². The van der Waals surface area contributed by atoms with E-state index < -0.39 is 8.32 Å². The smallest absolute Gasteiger partial charge is 0.222 e. The molecule has 0 bridgehead atoms. The van der Waals surface area contributed by atoms with Gasteiger partial charge in [-0.15, -0.1) is 0 Å². The number of nitrogens with one attached hydrogen (secondary N) is 1. The SMILES string of the molecule is CC(C)(C)[Si](C)(C)OC1CNC(=O)C1. The minimum absolute atomic E-state index is 0.100. The molecule has 1 aliphatic rings. The van der Waals surface area contributed by atoms with Crippen LogP contribution in [0.25, 0.3) is 0 Å². The molecule has 0 aromatic carbocycles. The van der Waals surface area contributed by atoms with Crippen molar-refractivity contribution in [2.45, 2.75) is 51.4 Å². The lowest BCUT2D eigenvalue weighted by atomic mass is 10.2. The Hall–Kier alpha value is -0.353. The van der Waals surface area contributed by atoms with Crippen LogP contribution in [0.15, 0.2) is 0 Å². The second kappa shape index (κ2) is 3.66. The third-order valence-corrected chi connectivity index (χ3v) is 7.74. The third kappa shape index (κ3) is 2.57. The second-order valence-electron chi connectivity index (χ2n) is 5.51. The summed E-state index contributed by atoms with van der Waals surface area (Å²) in [7, 11) is -1.69. The average molecular weight is 215 g/mol. The first-order chi connectivity index (χ1) is 6.22. The van der Waals surface area contributed by atoms with Crippen molar-refractivity contribution in [2.24, 2.45) is 0 Å². The second-order valence-corrected chi connectivity index (χ2v) is 10.3. The number of carbonyl (C=O) groups is 1. The molecule has 1 saturated heterocycles. The fourth-order valence-electron chi connectivity index (χ4n) is 1.26. The van der Waals surface area contributed by atoms with Crippen molar-refractivity contribution in [3.63, 3.8) is 0 Å². The van der Waals surface area contributed by atoms with Crippen molar-refractivity contribution in [1.82, 2.24) is 5.32 Å². The molecule has 1 amide bonds. The first kappa shape index (κ1) is 11.7. The third-order valence-electron chi connectivity index (χ3n) is 3.21. The lowest BCUT2D eigenvalue weighted by Gasteiger charge is -2.38. The van der Waals surface area contributed by atoms with Gasteiger partial charge in [-0.25, -0.2) is 0 Å². The Morgan fingerprint density at radius 3 is 2.36 bits per heavy atom. The molecule has 1 aliphatic heterocycles. The summed E-state index contributed by atoms with van der Waals surface area (Å²) in [5.41, 5.74) is 0. The Kier molecular flexibility index (Phi) is 3.06. The Bertz CT molecular complexity index is 233. The molecule has 1 N–H and O–H groups in total. The maximum absolute atomic E-state index is 11.0. The standard InChI is InChI=1S/C10H21NO2Si/c1-10(2,3)14(4,5)13-8-6-9(12)11-7-8/h8H,6-7H2,1-5H3,(H,11,12). The van der Waals surface area contributed by atoms with Crippen LogP contribution in [0, 0.1) is 0 Å². The first-order valence-electron chi connectivity index (χ1n) is 5.17. The monoisotopic (exact) mass is 215 g/mol. The van der Waals surface area contributed by atoms with Gasteiger partial charge in [0.15, 0.2) is 8.32 Å². The molecule has 4 heteroatoms. The van der Waals surface area contributed by atoms with Crippen LogP contribution in [0.4, 0.5) is 0 Å². The quantitative estimate of drug-likeness (QED) is 0.714. The zero-order chi connectivity index (χ0) is 11.0. The minimum Gasteiger partial charge on any atom is -0.412 e. The number of hydrogen-bond donors (Lipinski definition) is 1. The minimum atomic E-state index is -1.69. The summed E-state index contributed by atoms with van der Waals surface area (Å²) in [5.74, 6) is 0.119. The van der Waals surface area contributed by atoms with Crippen LogP contribution in [-0.2, 0) is 9.22 Å². The summed E-state index contributed by atoms with van der Waals surface area (Å²) >= 11 is 0. The Balaban J connectivity index is 2.55. The van der Waals surface area contributed by atoms with E-state index in [1.807, 2.05) is 0 Å². The van der Waals surface area contributed by atoms with Crippen molar-refractivity contribution in [3.05, 3.63) is 0 Å². The highest BCUT2D eigenvalue weighted by Gasteiger charge is 2.40. The van der Waals surface area contributed by atoms with Gasteiger partial charge in [-0.3, -0.25) is 4.79 Å². The number of rotatable bonds is 2. The molecule has 14 heavy (non-hydrogen) atoms. The van der Waals surface area contributed by atoms with Crippen LogP contribution in [0.3, 0.4) is 0 Å². The van der Waals surface area contributed by atoms with Gasteiger partial charge in [0.2, 0.25) is 5.91 Å². The zero-order valence-corrected chi connectivity index (χ0v) is 10.8. The first-order valence-corrected chi connectivity index (χ1v) is 8.08. The largest absolute Gasteiger partial charge is 0.412 e. The van der Waals surface area contributed by atoms with E-state index in [1.165, 1.54) is 0 Å². The molecule has 1 atom stereocenters. The van der Waals surface area contributed by atoms with Gasteiger partial charge in [0.25, 0.3) is 0 Å². The van der Waals surface area contributed by atoms with Crippen LogP contribution in [0.5, 0.6) is 0 Å².